The van der Waals surface area contributed by atoms with E-state index >= 15 is 0 Å². The number of likely N-dealkylation sites (tertiary alicyclic amines) is 1. The number of carbonyl (C=O) groups is 2. The van der Waals surface area contributed by atoms with E-state index in [0.717, 1.165) is 44.6 Å². The first kappa shape index (κ1) is 19.2. The number of nitrogens with zero attached hydrogens (tertiary/aromatic N) is 3. The van der Waals surface area contributed by atoms with Gasteiger partial charge >= 0.3 is 0 Å². The predicted octanol–water partition coefficient (Wildman–Crippen LogP) is 2.31. The summed E-state index contributed by atoms with van der Waals surface area (Å²) < 4.78 is 0. The molecule has 28 heavy (non-hydrogen) atoms. The zero-order valence-corrected chi connectivity index (χ0v) is 16.9. The Morgan fingerprint density at radius 1 is 1.18 bits per heavy atom. The summed E-state index contributed by atoms with van der Waals surface area (Å²) in [5.74, 6) is 0.351. The Morgan fingerprint density at radius 2 is 2.00 bits per heavy atom. The summed E-state index contributed by atoms with van der Waals surface area (Å²) in [6.07, 6.45) is 5.45. The van der Waals surface area contributed by atoms with E-state index in [4.69, 9.17) is 0 Å². The van der Waals surface area contributed by atoms with Gasteiger partial charge < -0.3 is 15.1 Å². The van der Waals surface area contributed by atoms with Gasteiger partial charge in [-0.15, -0.1) is 0 Å². The van der Waals surface area contributed by atoms with E-state index in [2.05, 4.69) is 35.5 Å². The molecule has 2 bridgehead atoms. The molecule has 1 aromatic rings. The predicted molar refractivity (Wildman–Crippen MR) is 110 cm³/mol. The molecule has 2 fully saturated rings. The summed E-state index contributed by atoms with van der Waals surface area (Å²) >= 11 is 0. The fraction of sp³-hybridized carbons (Fsp3) is 0.636. The van der Waals surface area contributed by atoms with Crippen LogP contribution in [0.1, 0.15) is 44.1 Å². The Balaban J connectivity index is 1.51. The molecule has 4 rings (SSSR count). The molecule has 2 saturated heterocycles. The molecular weight excluding hydrogens is 352 g/mol. The number of hydrogen-bond acceptors (Lipinski definition) is 4. The maximum absolute atomic E-state index is 13.2. The van der Waals surface area contributed by atoms with Crippen LogP contribution in [0.25, 0.3) is 0 Å². The van der Waals surface area contributed by atoms with E-state index in [-0.39, 0.29) is 11.8 Å². The number of benzene rings is 1. The lowest BCUT2D eigenvalue weighted by Crippen LogP contribution is -2.44. The van der Waals surface area contributed by atoms with Crippen molar-refractivity contribution in [3.63, 3.8) is 0 Å². The lowest BCUT2D eigenvalue weighted by molar-refractivity contribution is -0.134. The highest BCUT2D eigenvalue weighted by atomic mass is 16.2. The van der Waals surface area contributed by atoms with Crippen molar-refractivity contribution in [3.8, 4) is 0 Å². The Labute approximate surface area is 167 Å². The van der Waals surface area contributed by atoms with Crippen LogP contribution < -0.4 is 5.32 Å². The van der Waals surface area contributed by atoms with E-state index in [1.807, 2.05) is 15.9 Å². The van der Waals surface area contributed by atoms with Crippen molar-refractivity contribution in [3.05, 3.63) is 29.8 Å². The van der Waals surface area contributed by atoms with E-state index in [0.29, 0.717) is 38.0 Å². The number of amides is 2. The number of anilines is 1. The number of carbonyl (C=O) groups excluding carboxylic acids is 2. The summed E-state index contributed by atoms with van der Waals surface area (Å²) in [6.45, 7) is 3.71. The first-order chi connectivity index (χ1) is 13.6. The summed E-state index contributed by atoms with van der Waals surface area (Å²) in [4.78, 5) is 31.4. The molecule has 0 spiro atoms. The highest BCUT2D eigenvalue weighted by Gasteiger charge is 2.33. The fourth-order valence-electron chi connectivity index (χ4n) is 4.91. The number of nitrogens with one attached hydrogen (secondary N) is 1. The molecular formula is C22H32N4O2. The minimum atomic E-state index is 0.158. The first-order valence-corrected chi connectivity index (χ1v) is 10.7. The van der Waals surface area contributed by atoms with Crippen molar-refractivity contribution >= 4 is 17.5 Å². The van der Waals surface area contributed by atoms with Crippen LogP contribution >= 0.6 is 0 Å². The van der Waals surface area contributed by atoms with Crippen molar-refractivity contribution < 1.29 is 9.59 Å². The standard InChI is InChI=1S/C22H32N4O2/c1-24-18-8-9-19(24)16-26(22(28)11-14-25-13-4-7-21(25)27)15-17-5-2-3-6-20(17)23-12-10-18/h2-3,5-6,18-19,23H,4,7-16H2,1H3/t18-,19+/m0/s1. The van der Waals surface area contributed by atoms with Crippen molar-refractivity contribution in [1.29, 1.82) is 0 Å². The third kappa shape index (κ3) is 4.17. The molecule has 0 aromatic heterocycles. The van der Waals surface area contributed by atoms with E-state index in [9.17, 15) is 9.59 Å². The van der Waals surface area contributed by atoms with Gasteiger partial charge in [0.05, 0.1) is 0 Å². The molecule has 2 atom stereocenters. The van der Waals surface area contributed by atoms with Gasteiger partial charge in [0.15, 0.2) is 0 Å². The fourth-order valence-corrected chi connectivity index (χ4v) is 4.91. The SMILES string of the molecule is CN1[C@@H]2CCNc3ccccc3CN(C(=O)CCN3CCCC3=O)C[C@H]1CC2. The summed E-state index contributed by atoms with van der Waals surface area (Å²) in [7, 11) is 2.21. The topological polar surface area (TPSA) is 55.9 Å². The quantitative estimate of drug-likeness (QED) is 0.869. The highest BCUT2D eigenvalue weighted by Crippen LogP contribution is 2.28. The largest absolute Gasteiger partial charge is 0.385 e. The highest BCUT2D eigenvalue weighted by molar-refractivity contribution is 5.80. The van der Waals surface area contributed by atoms with Gasteiger partial charge in [0.1, 0.15) is 0 Å². The summed E-state index contributed by atoms with van der Waals surface area (Å²) in [5.41, 5.74) is 2.31. The van der Waals surface area contributed by atoms with Gasteiger partial charge in [-0.25, -0.2) is 0 Å². The lowest BCUT2D eigenvalue weighted by Gasteiger charge is -2.31. The molecule has 3 aliphatic rings. The molecule has 1 N–H and O–H groups in total. The second kappa shape index (κ2) is 8.52. The van der Waals surface area contributed by atoms with Crippen molar-refractivity contribution in [2.75, 3.05) is 38.5 Å². The summed E-state index contributed by atoms with van der Waals surface area (Å²) in [5, 5.41) is 3.59. The molecule has 152 valence electrons. The minimum Gasteiger partial charge on any atom is -0.385 e. The molecule has 3 heterocycles. The number of fused-ring (bicyclic) bond motifs is 3. The Kier molecular flexibility index (Phi) is 5.85. The van der Waals surface area contributed by atoms with Gasteiger partial charge in [0.25, 0.3) is 0 Å². The average Bonchev–Trinajstić information content (AvgIpc) is 3.25. The third-order valence-corrected chi connectivity index (χ3v) is 6.71. The Bertz CT molecular complexity index is 722. The molecule has 0 saturated carbocycles. The van der Waals surface area contributed by atoms with Crippen molar-refractivity contribution in [2.45, 2.75) is 57.2 Å². The zero-order chi connectivity index (χ0) is 19.5. The minimum absolute atomic E-state index is 0.158. The molecule has 2 amide bonds. The zero-order valence-electron chi connectivity index (χ0n) is 16.9. The van der Waals surface area contributed by atoms with Gasteiger partial charge in [0.2, 0.25) is 11.8 Å². The van der Waals surface area contributed by atoms with Crippen LogP contribution in [-0.2, 0) is 16.1 Å². The van der Waals surface area contributed by atoms with E-state index < -0.39 is 0 Å². The van der Waals surface area contributed by atoms with Crippen LogP contribution in [0.4, 0.5) is 5.69 Å². The number of hydrogen-bond donors (Lipinski definition) is 1. The molecule has 1 aromatic carbocycles. The van der Waals surface area contributed by atoms with Crippen LogP contribution in [0.15, 0.2) is 24.3 Å². The number of para-hydroxylation sites is 1. The van der Waals surface area contributed by atoms with Crippen molar-refractivity contribution in [1.82, 2.24) is 14.7 Å². The Morgan fingerprint density at radius 3 is 2.82 bits per heavy atom. The van der Waals surface area contributed by atoms with Crippen LogP contribution in [0, 0.1) is 0 Å². The van der Waals surface area contributed by atoms with Crippen LogP contribution in [0.5, 0.6) is 0 Å². The second-order valence-corrected chi connectivity index (χ2v) is 8.43. The van der Waals surface area contributed by atoms with Gasteiger partial charge in [-0.05, 0) is 44.4 Å². The van der Waals surface area contributed by atoms with Crippen molar-refractivity contribution in [2.24, 2.45) is 0 Å². The maximum atomic E-state index is 13.2. The van der Waals surface area contributed by atoms with Gasteiger partial charge in [-0.3, -0.25) is 14.5 Å². The lowest BCUT2D eigenvalue weighted by atomic mass is 10.1. The Hall–Kier alpha value is -2.08. The van der Waals surface area contributed by atoms with Gasteiger partial charge in [0, 0.05) is 63.3 Å². The molecule has 6 nitrogen and oxygen atoms in total. The third-order valence-electron chi connectivity index (χ3n) is 6.71. The summed E-state index contributed by atoms with van der Waals surface area (Å²) in [6, 6.07) is 9.33. The van der Waals surface area contributed by atoms with E-state index in [1.165, 1.54) is 12.0 Å². The average molecular weight is 385 g/mol. The smallest absolute Gasteiger partial charge is 0.224 e. The number of likely N-dealkylation sites (N-methyl/N-ethyl adjacent to an activating group) is 1. The van der Waals surface area contributed by atoms with Crippen LogP contribution in [0.3, 0.4) is 0 Å². The second-order valence-electron chi connectivity index (χ2n) is 8.43. The van der Waals surface area contributed by atoms with E-state index in [1.54, 1.807) is 0 Å². The monoisotopic (exact) mass is 384 g/mol. The molecule has 0 radical (unpaired) electrons. The van der Waals surface area contributed by atoms with Crippen LogP contribution in [-0.4, -0.2) is 71.8 Å². The van der Waals surface area contributed by atoms with Gasteiger partial charge in [-0.1, -0.05) is 18.2 Å². The maximum Gasteiger partial charge on any atom is 0.224 e. The van der Waals surface area contributed by atoms with Gasteiger partial charge in [-0.2, -0.15) is 0 Å². The molecule has 0 aliphatic carbocycles. The van der Waals surface area contributed by atoms with Crippen LogP contribution in [0.2, 0.25) is 0 Å². The molecule has 6 heteroatoms. The number of rotatable bonds is 3. The molecule has 3 aliphatic heterocycles. The normalized spacial score (nSPS) is 26.0. The first-order valence-electron chi connectivity index (χ1n) is 10.7. The molecule has 0 unspecified atom stereocenters.